The molecule has 1 aromatic rings. The van der Waals surface area contributed by atoms with Crippen molar-refractivity contribution in [3.05, 3.63) is 23.8 Å². The quantitative estimate of drug-likeness (QED) is 0.890. The molecule has 3 aliphatic rings. The van der Waals surface area contributed by atoms with Crippen LogP contribution in [0.2, 0.25) is 0 Å². The van der Waals surface area contributed by atoms with Crippen LogP contribution >= 0.6 is 0 Å². The summed E-state index contributed by atoms with van der Waals surface area (Å²) in [6.07, 6.45) is 3.13. The Bertz CT molecular complexity index is 682. The molecule has 6 heteroatoms. The number of piperazine rings is 1. The fourth-order valence-electron chi connectivity index (χ4n) is 4.18. The van der Waals surface area contributed by atoms with E-state index < -0.39 is 0 Å². The summed E-state index contributed by atoms with van der Waals surface area (Å²) in [4.78, 5) is 31.7. The van der Waals surface area contributed by atoms with Crippen LogP contribution in [-0.2, 0) is 4.79 Å². The summed E-state index contributed by atoms with van der Waals surface area (Å²) in [7, 11) is 0. The number of amides is 2. The third-order valence-corrected chi connectivity index (χ3v) is 5.72. The van der Waals surface area contributed by atoms with Crippen LogP contribution in [0.15, 0.2) is 18.2 Å². The number of rotatable bonds is 2. The molecule has 0 spiro atoms. The Labute approximate surface area is 148 Å². The first-order valence-corrected chi connectivity index (χ1v) is 9.40. The van der Waals surface area contributed by atoms with Gasteiger partial charge in [0.25, 0.3) is 5.91 Å². The minimum absolute atomic E-state index is 0.0510. The monoisotopic (exact) mass is 342 g/mol. The Kier molecular flexibility index (Phi) is 4.37. The van der Waals surface area contributed by atoms with Gasteiger partial charge in [0.2, 0.25) is 5.91 Å². The zero-order chi connectivity index (χ0) is 17.4. The Morgan fingerprint density at radius 3 is 2.72 bits per heavy atom. The molecule has 2 fully saturated rings. The first kappa shape index (κ1) is 16.4. The first-order chi connectivity index (χ1) is 12.2. The number of nitrogens with one attached hydrogen (secondary N) is 1. The highest BCUT2D eigenvalue weighted by Crippen LogP contribution is 2.36. The standard InChI is InChI=1S/C19H26N4O2/c1-2-21-9-11-22(12-10-21)19(25)14-6-7-16-15(13-14)20-18(24)17-5-3-4-8-23(16)17/h6-7,13,17H,2-5,8-12H2,1H3,(H,20,24)/t17-/m0/s1. The summed E-state index contributed by atoms with van der Waals surface area (Å²) < 4.78 is 0. The summed E-state index contributed by atoms with van der Waals surface area (Å²) in [6.45, 7) is 7.49. The third-order valence-electron chi connectivity index (χ3n) is 5.72. The zero-order valence-electron chi connectivity index (χ0n) is 14.8. The number of anilines is 2. The van der Waals surface area contributed by atoms with Crippen LogP contribution in [0.4, 0.5) is 11.4 Å². The number of hydrogen-bond acceptors (Lipinski definition) is 4. The minimum atomic E-state index is -0.0510. The molecule has 1 N–H and O–H groups in total. The van der Waals surface area contributed by atoms with Gasteiger partial charge in [0.05, 0.1) is 11.4 Å². The van der Waals surface area contributed by atoms with Crippen molar-refractivity contribution < 1.29 is 9.59 Å². The largest absolute Gasteiger partial charge is 0.358 e. The van der Waals surface area contributed by atoms with Gasteiger partial charge in [0.1, 0.15) is 6.04 Å². The molecule has 4 rings (SSSR count). The number of benzene rings is 1. The van der Waals surface area contributed by atoms with Crippen LogP contribution in [0, 0.1) is 0 Å². The molecule has 0 unspecified atom stereocenters. The molecular formula is C19H26N4O2. The maximum Gasteiger partial charge on any atom is 0.254 e. The second kappa shape index (κ2) is 6.67. The lowest BCUT2D eigenvalue weighted by molar-refractivity contribution is -0.118. The number of nitrogens with zero attached hydrogens (tertiary/aromatic N) is 3. The van der Waals surface area contributed by atoms with E-state index in [1.54, 1.807) is 0 Å². The second-order valence-corrected chi connectivity index (χ2v) is 7.15. The van der Waals surface area contributed by atoms with Gasteiger partial charge in [-0.15, -0.1) is 0 Å². The van der Waals surface area contributed by atoms with Crippen LogP contribution in [0.3, 0.4) is 0 Å². The van der Waals surface area contributed by atoms with Crippen molar-refractivity contribution in [2.24, 2.45) is 0 Å². The first-order valence-electron chi connectivity index (χ1n) is 9.40. The molecule has 1 atom stereocenters. The number of piperidine rings is 1. The average Bonchev–Trinajstić information content (AvgIpc) is 2.67. The van der Waals surface area contributed by atoms with E-state index in [-0.39, 0.29) is 17.9 Å². The van der Waals surface area contributed by atoms with Crippen molar-refractivity contribution in [1.29, 1.82) is 0 Å². The SMILES string of the molecule is CCN1CCN(C(=O)c2ccc3c(c2)NC(=O)[C@@H]2CCCCN32)CC1. The normalized spacial score (nSPS) is 23.7. The molecule has 2 amide bonds. The van der Waals surface area contributed by atoms with E-state index in [2.05, 4.69) is 22.0 Å². The third kappa shape index (κ3) is 2.99. The molecular weight excluding hydrogens is 316 g/mol. The van der Waals surface area contributed by atoms with E-state index in [1.165, 1.54) is 0 Å². The van der Waals surface area contributed by atoms with E-state index >= 15 is 0 Å². The predicted octanol–water partition coefficient (Wildman–Crippen LogP) is 1.78. The average molecular weight is 342 g/mol. The van der Waals surface area contributed by atoms with Gasteiger partial charge >= 0.3 is 0 Å². The van der Waals surface area contributed by atoms with Crippen molar-refractivity contribution in [2.45, 2.75) is 32.2 Å². The second-order valence-electron chi connectivity index (χ2n) is 7.15. The highest BCUT2D eigenvalue weighted by Gasteiger charge is 2.35. The summed E-state index contributed by atoms with van der Waals surface area (Å²) in [6, 6.07) is 5.72. The number of fused-ring (bicyclic) bond motifs is 3. The van der Waals surface area contributed by atoms with Crippen LogP contribution in [-0.4, -0.2) is 66.9 Å². The highest BCUT2D eigenvalue weighted by atomic mass is 16.2. The van der Waals surface area contributed by atoms with Gasteiger partial charge in [-0.2, -0.15) is 0 Å². The maximum absolute atomic E-state index is 12.8. The van der Waals surface area contributed by atoms with Gasteiger partial charge in [0.15, 0.2) is 0 Å². The molecule has 2 saturated heterocycles. The molecule has 25 heavy (non-hydrogen) atoms. The fourth-order valence-corrected chi connectivity index (χ4v) is 4.18. The van der Waals surface area contributed by atoms with Crippen molar-refractivity contribution >= 4 is 23.2 Å². The molecule has 3 aliphatic heterocycles. The molecule has 1 aromatic carbocycles. The predicted molar refractivity (Wildman–Crippen MR) is 98.1 cm³/mol. The molecule has 3 heterocycles. The van der Waals surface area contributed by atoms with E-state index in [4.69, 9.17) is 0 Å². The van der Waals surface area contributed by atoms with Gasteiger partial charge in [-0.1, -0.05) is 6.92 Å². The van der Waals surface area contributed by atoms with Gasteiger partial charge in [-0.3, -0.25) is 9.59 Å². The minimum Gasteiger partial charge on any atom is -0.358 e. The number of hydrogen-bond donors (Lipinski definition) is 1. The summed E-state index contributed by atoms with van der Waals surface area (Å²) in [5.74, 6) is 0.127. The lowest BCUT2D eigenvalue weighted by atomic mass is 9.96. The number of carbonyl (C=O) groups is 2. The number of carbonyl (C=O) groups excluding carboxylic acids is 2. The van der Waals surface area contributed by atoms with Crippen molar-refractivity contribution in [3.8, 4) is 0 Å². The number of likely N-dealkylation sites (N-methyl/N-ethyl adjacent to an activating group) is 1. The van der Waals surface area contributed by atoms with Crippen LogP contribution in [0.1, 0.15) is 36.5 Å². The molecule has 0 saturated carbocycles. The van der Waals surface area contributed by atoms with Gasteiger partial charge < -0.3 is 20.0 Å². The van der Waals surface area contributed by atoms with Crippen molar-refractivity contribution in [2.75, 3.05) is 49.5 Å². The van der Waals surface area contributed by atoms with Crippen LogP contribution < -0.4 is 10.2 Å². The molecule has 0 aliphatic carbocycles. The van der Waals surface area contributed by atoms with Crippen molar-refractivity contribution in [1.82, 2.24) is 9.80 Å². The maximum atomic E-state index is 12.8. The van der Waals surface area contributed by atoms with Gasteiger partial charge in [-0.25, -0.2) is 0 Å². The molecule has 0 aromatic heterocycles. The smallest absolute Gasteiger partial charge is 0.254 e. The summed E-state index contributed by atoms with van der Waals surface area (Å²) >= 11 is 0. The van der Waals surface area contributed by atoms with Crippen LogP contribution in [0.25, 0.3) is 0 Å². The highest BCUT2D eigenvalue weighted by molar-refractivity contribution is 6.05. The molecule has 6 nitrogen and oxygen atoms in total. The van der Waals surface area contributed by atoms with Gasteiger partial charge in [-0.05, 0) is 44.0 Å². The van der Waals surface area contributed by atoms with E-state index in [1.807, 2.05) is 23.1 Å². The Morgan fingerprint density at radius 1 is 1.16 bits per heavy atom. The van der Waals surface area contributed by atoms with E-state index in [0.29, 0.717) is 5.56 Å². The topological polar surface area (TPSA) is 55.9 Å². The molecule has 0 bridgehead atoms. The fraction of sp³-hybridized carbons (Fsp3) is 0.579. The lowest BCUT2D eigenvalue weighted by Crippen LogP contribution is -2.50. The summed E-state index contributed by atoms with van der Waals surface area (Å²) in [5.41, 5.74) is 2.50. The van der Waals surface area contributed by atoms with E-state index in [9.17, 15) is 9.59 Å². The molecule has 0 radical (unpaired) electrons. The van der Waals surface area contributed by atoms with Crippen LogP contribution in [0.5, 0.6) is 0 Å². The Morgan fingerprint density at radius 2 is 1.96 bits per heavy atom. The zero-order valence-corrected chi connectivity index (χ0v) is 14.8. The van der Waals surface area contributed by atoms with Gasteiger partial charge in [0, 0.05) is 38.3 Å². The van der Waals surface area contributed by atoms with E-state index in [0.717, 1.165) is 69.9 Å². The van der Waals surface area contributed by atoms with Crippen molar-refractivity contribution in [3.63, 3.8) is 0 Å². The Hall–Kier alpha value is -2.08. The summed E-state index contributed by atoms with van der Waals surface area (Å²) in [5, 5.41) is 3.01. The lowest BCUT2D eigenvalue weighted by Gasteiger charge is -2.41. The molecule has 134 valence electrons. The Balaban J connectivity index is 1.54.